The van der Waals surface area contributed by atoms with Crippen LogP contribution in [-0.2, 0) is 21.5 Å². The van der Waals surface area contributed by atoms with Crippen molar-refractivity contribution in [2.75, 3.05) is 19.8 Å². The molecule has 1 aliphatic heterocycles. The Balaban J connectivity index is 2.09. The van der Waals surface area contributed by atoms with Gasteiger partial charge < -0.3 is 9.47 Å². The lowest BCUT2D eigenvalue weighted by molar-refractivity contribution is -0.117. The van der Waals surface area contributed by atoms with Crippen LogP contribution in [0, 0.1) is 0 Å². The number of rotatable bonds is 4. The van der Waals surface area contributed by atoms with E-state index >= 15 is 0 Å². The fourth-order valence-electron chi connectivity index (χ4n) is 2.72. The smallest absolute Gasteiger partial charge is 0.163 e. The first-order valence-corrected chi connectivity index (χ1v) is 8.56. The van der Waals surface area contributed by atoms with Gasteiger partial charge in [-0.15, -0.1) is 11.3 Å². The van der Waals surface area contributed by atoms with E-state index in [1.807, 2.05) is 6.92 Å². The van der Waals surface area contributed by atoms with E-state index in [9.17, 15) is 0 Å². The molecule has 0 saturated carbocycles. The van der Waals surface area contributed by atoms with Crippen molar-refractivity contribution in [2.45, 2.75) is 38.7 Å². The number of hydrogen-bond acceptors (Lipinski definition) is 5. The van der Waals surface area contributed by atoms with Crippen molar-refractivity contribution in [3.63, 3.8) is 0 Å². The number of ether oxygens (including phenoxy) is 2. The monoisotopic (exact) mass is 326 g/mol. The van der Waals surface area contributed by atoms with Crippen LogP contribution >= 0.6 is 22.9 Å². The molecule has 3 rings (SSSR count). The average Bonchev–Trinajstić information content (AvgIpc) is 2.92. The van der Waals surface area contributed by atoms with Crippen LogP contribution in [0.4, 0.5) is 0 Å². The van der Waals surface area contributed by atoms with Crippen LogP contribution in [0.25, 0.3) is 10.2 Å². The highest BCUT2D eigenvalue weighted by Gasteiger charge is 2.38. The Morgan fingerprint density at radius 3 is 2.76 bits per heavy atom. The SMILES string of the molecule is CCOC1(c2nc(Cl)c3cc(CC)sc3n2)CCOCC1. The van der Waals surface area contributed by atoms with Gasteiger partial charge in [0.1, 0.15) is 15.6 Å². The average molecular weight is 327 g/mol. The summed E-state index contributed by atoms with van der Waals surface area (Å²) in [4.78, 5) is 11.5. The van der Waals surface area contributed by atoms with E-state index in [0.717, 1.165) is 29.5 Å². The highest BCUT2D eigenvalue weighted by atomic mass is 35.5. The lowest BCUT2D eigenvalue weighted by Crippen LogP contribution is -2.38. The van der Waals surface area contributed by atoms with Crippen LogP contribution in [0.15, 0.2) is 6.07 Å². The Bertz CT molecular complexity index is 632. The van der Waals surface area contributed by atoms with Gasteiger partial charge in [-0.05, 0) is 19.4 Å². The van der Waals surface area contributed by atoms with E-state index in [-0.39, 0.29) is 0 Å². The Morgan fingerprint density at radius 2 is 2.10 bits per heavy atom. The van der Waals surface area contributed by atoms with E-state index in [1.54, 1.807) is 11.3 Å². The van der Waals surface area contributed by atoms with Crippen LogP contribution in [0.5, 0.6) is 0 Å². The minimum atomic E-state index is -0.457. The predicted molar refractivity (Wildman–Crippen MR) is 85.2 cm³/mol. The zero-order valence-electron chi connectivity index (χ0n) is 12.3. The van der Waals surface area contributed by atoms with Gasteiger partial charge in [0.15, 0.2) is 5.82 Å². The number of nitrogens with zero attached hydrogens (tertiary/aromatic N) is 2. The summed E-state index contributed by atoms with van der Waals surface area (Å²) in [5, 5.41) is 1.47. The highest BCUT2D eigenvalue weighted by Crippen LogP contribution is 2.37. The second kappa shape index (κ2) is 6.16. The molecule has 0 N–H and O–H groups in total. The quantitative estimate of drug-likeness (QED) is 0.798. The van der Waals surface area contributed by atoms with Crippen LogP contribution < -0.4 is 0 Å². The fourth-order valence-corrected chi connectivity index (χ4v) is 3.97. The number of thiophene rings is 1. The van der Waals surface area contributed by atoms with E-state index in [0.29, 0.717) is 30.8 Å². The number of aryl methyl sites for hydroxylation is 1. The molecule has 6 heteroatoms. The van der Waals surface area contributed by atoms with Crippen molar-refractivity contribution in [1.82, 2.24) is 9.97 Å². The molecule has 0 bridgehead atoms. The van der Waals surface area contributed by atoms with Gasteiger partial charge in [-0.25, -0.2) is 9.97 Å². The molecule has 0 atom stereocenters. The van der Waals surface area contributed by atoms with Gasteiger partial charge in [0, 0.05) is 42.9 Å². The van der Waals surface area contributed by atoms with Crippen LogP contribution in [0.3, 0.4) is 0 Å². The third kappa shape index (κ3) is 2.80. The van der Waals surface area contributed by atoms with Crippen molar-refractivity contribution >= 4 is 33.2 Å². The molecular formula is C15H19ClN2O2S. The van der Waals surface area contributed by atoms with Crippen molar-refractivity contribution in [1.29, 1.82) is 0 Å². The summed E-state index contributed by atoms with van der Waals surface area (Å²) in [7, 11) is 0. The molecule has 0 amide bonds. The molecule has 2 aromatic heterocycles. The van der Waals surface area contributed by atoms with Gasteiger partial charge in [0.2, 0.25) is 0 Å². The number of fused-ring (bicyclic) bond motifs is 1. The summed E-state index contributed by atoms with van der Waals surface area (Å²) >= 11 is 8.07. The molecule has 0 radical (unpaired) electrons. The van der Waals surface area contributed by atoms with Gasteiger partial charge >= 0.3 is 0 Å². The van der Waals surface area contributed by atoms with Crippen molar-refractivity contribution in [3.05, 3.63) is 21.9 Å². The standard InChI is InChI=1S/C15H19ClN2O2S/c1-3-10-9-11-12(16)17-14(18-13(11)21-10)15(20-4-2)5-7-19-8-6-15/h9H,3-8H2,1-2H3. The topological polar surface area (TPSA) is 44.2 Å². The van der Waals surface area contributed by atoms with E-state index in [1.165, 1.54) is 4.88 Å². The van der Waals surface area contributed by atoms with Crippen molar-refractivity contribution in [2.24, 2.45) is 0 Å². The fraction of sp³-hybridized carbons (Fsp3) is 0.600. The molecular weight excluding hydrogens is 308 g/mol. The molecule has 0 aromatic carbocycles. The van der Waals surface area contributed by atoms with Crippen LogP contribution in [0.2, 0.25) is 5.15 Å². The zero-order valence-corrected chi connectivity index (χ0v) is 13.9. The lowest BCUT2D eigenvalue weighted by atomic mass is 9.93. The largest absolute Gasteiger partial charge is 0.381 e. The Labute approximate surface area is 133 Å². The minimum Gasteiger partial charge on any atom is -0.381 e. The van der Waals surface area contributed by atoms with E-state index in [4.69, 9.17) is 26.1 Å². The van der Waals surface area contributed by atoms with Crippen molar-refractivity contribution < 1.29 is 9.47 Å². The maximum absolute atomic E-state index is 6.38. The van der Waals surface area contributed by atoms with E-state index in [2.05, 4.69) is 18.0 Å². The van der Waals surface area contributed by atoms with Gasteiger partial charge in [0.05, 0.1) is 0 Å². The molecule has 1 fully saturated rings. The number of halogens is 1. The molecule has 0 spiro atoms. The summed E-state index contributed by atoms with van der Waals surface area (Å²) in [6, 6.07) is 2.09. The zero-order chi connectivity index (χ0) is 14.9. The highest BCUT2D eigenvalue weighted by molar-refractivity contribution is 7.18. The Kier molecular flexibility index (Phi) is 4.45. The molecule has 1 aliphatic rings. The maximum atomic E-state index is 6.38. The van der Waals surface area contributed by atoms with E-state index < -0.39 is 5.60 Å². The summed E-state index contributed by atoms with van der Waals surface area (Å²) < 4.78 is 11.5. The first-order valence-electron chi connectivity index (χ1n) is 7.36. The Hall–Kier alpha value is -0.750. The van der Waals surface area contributed by atoms with Gasteiger partial charge in [0.25, 0.3) is 0 Å². The maximum Gasteiger partial charge on any atom is 0.163 e. The van der Waals surface area contributed by atoms with Gasteiger partial charge in [-0.2, -0.15) is 0 Å². The normalized spacial score (nSPS) is 18.2. The van der Waals surface area contributed by atoms with Crippen molar-refractivity contribution in [3.8, 4) is 0 Å². The second-order valence-electron chi connectivity index (χ2n) is 5.16. The predicted octanol–water partition coefficient (Wildman–Crippen LogP) is 3.95. The van der Waals surface area contributed by atoms with Crippen LogP contribution in [-0.4, -0.2) is 29.8 Å². The lowest BCUT2D eigenvalue weighted by Gasteiger charge is -2.35. The van der Waals surface area contributed by atoms with Crippen LogP contribution in [0.1, 0.15) is 37.4 Å². The summed E-state index contributed by atoms with van der Waals surface area (Å²) in [5.74, 6) is 0.703. The second-order valence-corrected chi connectivity index (χ2v) is 6.64. The first kappa shape index (κ1) is 15.2. The first-order chi connectivity index (χ1) is 10.2. The number of hydrogen-bond donors (Lipinski definition) is 0. The molecule has 3 heterocycles. The molecule has 0 unspecified atom stereocenters. The number of aromatic nitrogens is 2. The molecule has 0 aliphatic carbocycles. The minimum absolute atomic E-state index is 0.457. The molecule has 4 nitrogen and oxygen atoms in total. The van der Waals surface area contributed by atoms with Gasteiger partial charge in [-0.1, -0.05) is 18.5 Å². The summed E-state index contributed by atoms with van der Waals surface area (Å²) in [5.41, 5.74) is -0.457. The third-order valence-corrected chi connectivity index (χ3v) is 5.34. The Morgan fingerprint density at radius 1 is 1.33 bits per heavy atom. The third-order valence-electron chi connectivity index (χ3n) is 3.87. The molecule has 21 heavy (non-hydrogen) atoms. The molecule has 2 aromatic rings. The molecule has 114 valence electrons. The molecule has 1 saturated heterocycles. The summed E-state index contributed by atoms with van der Waals surface area (Å²) in [6.45, 7) is 6.10. The van der Waals surface area contributed by atoms with Gasteiger partial charge in [-0.3, -0.25) is 0 Å². The summed E-state index contributed by atoms with van der Waals surface area (Å²) in [6.07, 6.45) is 2.53.